The normalized spacial score (nSPS) is 14.1. The molecule has 1 rings (SSSR count). The van der Waals surface area contributed by atoms with Gasteiger partial charge in [-0.15, -0.1) is 0 Å². The van der Waals surface area contributed by atoms with Crippen molar-refractivity contribution in [2.24, 2.45) is 5.73 Å². The molecule has 0 fully saturated rings. The van der Waals surface area contributed by atoms with Crippen molar-refractivity contribution in [1.82, 2.24) is 5.32 Å². The Morgan fingerprint density at radius 2 is 1.95 bits per heavy atom. The number of ether oxygens (including phenoxy) is 2. The predicted octanol–water partition coefficient (Wildman–Crippen LogP) is 3.09. The van der Waals surface area contributed by atoms with E-state index >= 15 is 0 Å². The van der Waals surface area contributed by atoms with Crippen LogP contribution in [-0.4, -0.2) is 31.9 Å². The van der Waals surface area contributed by atoms with Crippen molar-refractivity contribution in [3.63, 3.8) is 0 Å². The Kier molecular flexibility index (Phi) is 6.08. The molecule has 0 aliphatic rings. The Morgan fingerprint density at radius 3 is 2.45 bits per heavy atom. The van der Waals surface area contributed by atoms with Gasteiger partial charge in [-0.25, -0.2) is 4.79 Å². The second-order valence-corrected chi connectivity index (χ2v) is 6.88. The van der Waals surface area contributed by atoms with Crippen LogP contribution in [0, 0.1) is 0 Å². The summed E-state index contributed by atoms with van der Waals surface area (Å²) < 4.78 is 10.5. The molecule has 0 aliphatic carbocycles. The van der Waals surface area contributed by atoms with E-state index in [1.54, 1.807) is 13.2 Å². The summed E-state index contributed by atoms with van der Waals surface area (Å²) in [6, 6.07) is 5.48. The predicted molar refractivity (Wildman–Crippen MR) is 88.6 cm³/mol. The highest BCUT2D eigenvalue weighted by Crippen LogP contribution is 2.31. The average Bonchev–Trinajstić information content (AvgIpc) is 2.43. The van der Waals surface area contributed by atoms with Gasteiger partial charge in [0.2, 0.25) is 0 Å². The first kappa shape index (κ1) is 18.6. The molecule has 22 heavy (non-hydrogen) atoms. The molecule has 0 aliphatic heterocycles. The van der Waals surface area contributed by atoms with Crippen molar-refractivity contribution in [3.05, 3.63) is 28.8 Å². The van der Waals surface area contributed by atoms with Crippen LogP contribution in [-0.2, 0) is 10.2 Å². The topological polar surface area (TPSA) is 73.6 Å². The first-order valence-corrected chi connectivity index (χ1v) is 7.50. The molecule has 0 bridgehead atoms. The lowest BCUT2D eigenvalue weighted by Gasteiger charge is -2.30. The van der Waals surface area contributed by atoms with Gasteiger partial charge < -0.3 is 20.5 Å². The molecule has 6 heteroatoms. The summed E-state index contributed by atoms with van der Waals surface area (Å²) in [6.07, 6.45) is -0.465. The number of nitrogens with two attached hydrogens (primary N) is 1. The van der Waals surface area contributed by atoms with Crippen molar-refractivity contribution in [3.8, 4) is 5.75 Å². The minimum atomic E-state index is -0.535. The molecule has 0 radical (unpaired) electrons. The van der Waals surface area contributed by atoms with Gasteiger partial charge in [-0.1, -0.05) is 24.6 Å². The molecule has 0 saturated heterocycles. The van der Waals surface area contributed by atoms with Gasteiger partial charge in [-0.05, 0) is 38.5 Å². The highest BCUT2D eigenvalue weighted by molar-refractivity contribution is 6.32. The third-order valence-electron chi connectivity index (χ3n) is 3.32. The molecule has 0 aromatic heterocycles. The van der Waals surface area contributed by atoms with Gasteiger partial charge in [-0.2, -0.15) is 0 Å². The van der Waals surface area contributed by atoms with Gasteiger partial charge in [0.1, 0.15) is 11.4 Å². The second kappa shape index (κ2) is 7.20. The Labute approximate surface area is 137 Å². The summed E-state index contributed by atoms with van der Waals surface area (Å²) in [5.74, 6) is 0.580. The minimum Gasteiger partial charge on any atom is -0.495 e. The fraction of sp³-hybridized carbons (Fsp3) is 0.562. The van der Waals surface area contributed by atoms with E-state index < -0.39 is 17.1 Å². The van der Waals surface area contributed by atoms with Crippen LogP contribution < -0.4 is 15.8 Å². The van der Waals surface area contributed by atoms with E-state index in [0.717, 1.165) is 5.56 Å². The molecular formula is C16H25ClN2O3. The van der Waals surface area contributed by atoms with E-state index in [2.05, 4.69) is 5.32 Å². The highest BCUT2D eigenvalue weighted by Gasteiger charge is 2.28. The average molecular weight is 329 g/mol. The second-order valence-electron chi connectivity index (χ2n) is 6.47. The number of halogens is 1. The van der Waals surface area contributed by atoms with E-state index in [-0.39, 0.29) is 0 Å². The molecule has 3 N–H and O–H groups in total. The Bertz CT molecular complexity index is 529. The van der Waals surface area contributed by atoms with Crippen LogP contribution in [0.1, 0.15) is 33.3 Å². The molecule has 1 amide bonds. The van der Waals surface area contributed by atoms with E-state index in [1.165, 1.54) is 0 Å². The Morgan fingerprint density at radius 1 is 1.32 bits per heavy atom. The van der Waals surface area contributed by atoms with Crippen LogP contribution in [0.4, 0.5) is 4.79 Å². The monoisotopic (exact) mass is 328 g/mol. The summed E-state index contributed by atoms with van der Waals surface area (Å²) in [6.45, 7) is 8.13. The molecule has 124 valence electrons. The number of rotatable bonds is 5. The van der Waals surface area contributed by atoms with E-state index in [4.69, 9.17) is 26.8 Å². The summed E-state index contributed by atoms with van der Waals surface area (Å²) >= 11 is 6.04. The molecule has 0 spiro atoms. The zero-order chi connectivity index (χ0) is 17.0. The molecule has 5 nitrogen and oxygen atoms in total. The molecule has 1 aromatic rings. The van der Waals surface area contributed by atoms with Gasteiger partial charge >= 0.3 is 6.09 Å². The number of hydrogen-bond donors (Lipinski definition) is 2. The molecule has 0 heterocycles. The van der Waals surface area contributed by atoms with Gasteiger partial charge in [0.25, 0.3) is 0 Å². The van der Waals surface area contributed by atoms with Gasteiger partial charge in [0.15, 0.2) is 0 Å². The van der Waals surface area contributed by atoms with Gasteiger partial charge in [0, 0.05) is 18.5 Å². The first-order chi connectivity index (χ1) is 10.1. The fourth-order valence-electron chi connectivity index (χ4n) is 1.91. The Balaban J connectivity index is 2.86. The number of benzene rings is 1. The quantitative estimate of drug-likeness (QED) is 0.871. The van der Waals surface area contributed by atoms with Crippen molar-refractivity contribution < 1.29 is 14.3 Å². The van der Waals surface area contributed by atoms with Crippen molar-refractivity contribution in [2.45, 2.75) is 38.7 Å². The van der Waals surface area contributed by atoms with Crippen LogP contribution >= 0.6 is 11.6 Å². The number of carbonyl (C=O) groups excluding carboxylic acids is 1. The van der Waals surface area contributed by atoms with Crippen LogP contribution in [0.3, 0.4) is 0 Å². The smallest absolute Gasteiger partial charge is 0.407 e. The van der Waals surface area contributed by atoms with E-state index in [0.29, 0.717) is 23.9 Å². The van der Waals surface area contributed by atoms with Crippen LogP contribution in [0.5, 0.6) is 5.75 Å². The molecule has 0 saturated carbocycles. The molecular weight excluding hydrogens is 304 g/mol. The van der Waals surface area contributed by atoms with Crippen LogP contribution in [0.15, 0.2) is 18.2 Å². The maximum absolute atomic E-state index is 11.8. The summed E-state index contributed by atoms with van der Waals surface area (Å²) in [7, 11) is 1.56. The Hall–Kier alpha value is -1.46. The highest BCUT2D eigenvalue weighted by atomic mass is 35.5. The lowest BCUT2D eigenvalue weighted by Crippen LogP contribution is -2.45. The van der Waals surface area contributed by atoms with E-state index in [9.17, 15) is 4.79 Å². The van der Waals surface area contributed by atoms with Crippen molar-refractivity contribution in [1.29, 1.82) is 0 Å². The summed E-state index contributed by atoms with van der Waals surface area (Å²) in [5, 5.41) is 3.30. The SMILES string of the molecule is COc1cc(C(C)(CN)CNC(=O)OC(C)(C)C)ccc1Cl. The fourth-order valence-corrected chi connectivity index (χ4v) is 2.10. The first-order valence-electron chi connectivity index (χ1n) is 7.12. The number of methoxy groups -OCH3 is 1. The minimum absolute atomic E-state index is 0.350. The summed E-state index contributed by atoms with van der Waals surface area (Å²) in [4.78, 5) is 11.8. The van der Waals surface area contributed by atoms with E-state index in [1.807, 2.05) is 39.8 Å². The standard InChI is InChI=1S/C16H25ClN2O3/c1-15(2,3)22-14(20)19-10-16(4,9-18)11-6-7-12(17)13(8-11)21-5/h6-8H,9-10,18H2,1-5H3,(H,19,20). The lowest BCUT2D eigenvalue weighted by atomic mass is 9.82. The largest absolute Gasteiger partial charge is 0.495 e. The number of alkyl carbamates (subject to hydrolysis) is 1. The number of carbonyl (C=O) groups is 1. The van der Waals surface area contributed by atoms with Gasteiger partial charge in [0.05, 0.1) is 12.1 Å². The lowest BCUT2D eigenvalue weighted by molar-refractivity contribution is 0.0516. The number of amides is 1. The third kappa shape index (κ3) is 5.07. The number of hydrogen-bond acceptors (Lipinski definition) is 4. The maximum Gasteiger partial charge on any atom is 0.407 e. The molecule has 1 atom stereocenters. The zero-order valence-corrected chi connectivity index (χ0v) is 14.6. The molecule has 1 aromatic carbocycles. The van der Waals surface area contributed by atoms with Crippen LogP contribution in [0.2, 0.25) is 5.02 Å². The van der Waals surface area contributed by atoms with Crippen molar-refractivity contribution >= 4 is 17.7 Å². The summed E-state index contributed by atoms with van der Waals surface area (Å²) in [5.41, 5.74) is 5.87. The number of nitrogens with one attached hydrogen (secondary N) is 1. The van der Waals surface area contributed by atoms with Crippen molar-refractivity contribution in [2.75, 3.05) is 20.2 Å². The molecule has 1 unspecified atom stereocenters. The van der Waals surface area contributed by atoms with Gasteiger partial charge in [-0.3, -0.25) is 0 Å². The third-order valence-corrected chi connectivity index (χ3v) is 3.63. The zero-order valence-electron chi connectivity index (χ0n) is 13.8. The van der Waals surface area contributed by atoms with Crippen LogP contribution in [0.25, 0.3) is 0 Å². The maximum atomic E-state index is 11.8.